The van der Waals surface area contributed by atoms with Crippen molar-refractivity contribution >= 4 is 40.5 Å². The molecule has 2 atom stereocenters. The molecule has 146 valence electrons. The largest absolute Gasteiger partial charge is 0.496 e. The second kappa shape index (κ2) is 8.71. The Hall–Kier alpha value is -3.13. The topological polar surface area (TPSA) is 91.5 Å². The fourth-order valence-electron chi connectivity index (χ4n) is 3.00. The molecule has 1 aliphatic rings. The van der Waals surface area contributed by atoms with E-state index in [1.54, 1.807) is 48.5 Å². The van der Waals surface area contributed by atoms with Gasteiger partial charge in [-0.25, -0.2) is 0 Å². The number of nitrogens with one attached hydrogen (secondary N) is 4. The van der Waals surface area contributed by atoms with Gasteiger partial charge in [-0.05, 0) is 55.9 Å². The summed E-state index contributed by atoms with van der Waals surface area (Å²) in [5, 5.41) is 12.2. The van der Waals surface area contributed by atoms with Crippen molar-refractivity contribution in [2.45, 2.75) is 25.4 Å². The second-order valence-electron chi connectivity index (χ2n) is 6.53. The molecule has 1 heterocycles. The third kappa shape index (κ3) is 4.77. The number of carbonyl (C=O) groups is 2. The van der Waals surface area contributed by atoms with Crippen molar-refractivity contribution in [3.05, 3.63) is 54.1 Å². The number of para-hydroxylation sites is 1. The van der Waals surface area contributed by atoms with Gasteiger partial charge in [0.1, 0.15) is 11.8 Å². The van der Waals surface area contributed by atoms with Crippen molar-refractivity contribution in [3.8, 4) is 5.75 Å². The smallest absolute Gasteiger partial charge is 0.259 e. The number of carbonyl (C=O) groups excluding carboxylic acids is 2. The van der Waals surface area contributed by atoms with Gasteiger partial charge in [0.15, 0.2) is 5.11 Å². The number of anilines is 2. The molecule has 0 aromatic heterocycles. The first-order chi connectivity index (χ1) is 13.5. The van der Waals surface area contributed by atoms with Crippen LogP contribution in [0.4, 0.5) is 11.4 Å². The monoisotopic (exact) mass is 398 g/mol. The fraction of sp³-hybridized carbons (Fsp3) is 0.250. The summed E-state index contributed by atoms with van der Waals surface area (Å²) in [7, 11) is 1.52. The first kappa shape index (κ1) is 19.6. The summed E-state index contributed by atoms with van der Waals surface area (Å²) in [6, 6.07) is 13.7. The van der Waals surface area contributed by atoms with Gasteiger partial charge < -0.3 is 26.0 Å². The zero-order valence-corrected chi connectivity index (χ0v) is 16.4. The minimum Gasteiger partial charge on any atom is -0.496 e. The van der Waals surface area contributed by atoms with Gasteiger partial charge in [-0.2, -0.15) is 0 Å². The number of rotatable bonds is 5. The molecule has 28 heavy (non-hydrogen) atoms. The number of hydrogen-bond donors (Lipinski definition) is 4. The Bertz CT molecular complexity index is 903. The molecule has 1 fully saturated rings. The molecule has 0 saturated carbocycles. The minimum atomic E-state index is -0.407. The van der Waals surface area contributed by atoms with Crippen LogP contribution >= 0.6 is 12.2 Å². The number of amides is 2. The summed E-state index contributed by atoms with van der Waals surface area (Å²) in [4.78, 5) is 25.1. The summed E-state index contributed by atoms with van der Waals surface area (Å²) in [6.45, 7) is 1.97. The van der Waals surface area contributed by atoms with Crippen LogP contribution in [0.3, 0.4) is 0 Å². The van der Waals surface area contributed by atoms with Crippen LogP contribution in [-0.4, -0.2) is 36.1 Å². The van der Waals surface area contributed by atoms with E-state index >= 15 is 0 Å². The van der Waals surface area contributed by atoms with Crippen molar-refractivity contribution in [2.24, 2.45) is 0 Å². The number of hydrogen-bond acceptors (Lipinski definition) is 4. The van der Waals surface area contributed by atoms with Crippen LogP contribution in [0.2, 0.25) is 0 Å². The molecule has 1 aliphatic heterocycles. The van der Waals surface area contributed by atoms with E-state index in [9.17, 15) is 9.59 Å². The molecule has 4 N–H and O–H groups in total. The molecule has 7 nitrogen and oxygen atoms in total. The highest BCUT2D eigenvalue weighted by molar-refractivity contribution is 7.80. The van der Waals surface area contributed by atoms with Gasteiger partial charge >= 0.3 is 0 Å². The Kier molecular flexibility index (Phi) is 6.10. The Balaban J connectivity index is 1.68. The first-order valence-corrected chi connectivity index (χ1v) is 9.29. The molecule has 0 radical (unpaired) electrons. The Labute approximate surface area is 168 Å². The lowest BCUT2D eigenvalue weighted by molar-refractivity contribution is -0.118. The normalized spacial score (nSPS) is 18.4. The van der Waals surface area contributed by atoms with E-state index in [1.807, 2.05) is 6.92 Å². The lowest BCUT2D eigenvalue weighted by atomic mass is 10.1. The predicted molar refractivity (Wildman–Crippen MR) is 113 cm³/mol. The van der Waals surface area contributed by atoms with Crippen LogP contribution in [0.15, 0.2) is 48.5 Å². The third-order valence-electron chi connectivity index (χ3n) is 4.33. The minimum absolute atomic E-state index is 0.121. The van der Waals surface area contributed by atoms with Crippen molar-refractivity contribution in [3.63, 3.8) is 0 Å². The lowest BCUT2D eigenvalue weighted by Crippen LogP contribution is -2.57. The quantitative estimate of drug-likeness (QED) is 0.579. The average Bonchev–Trinajstić information content (AvgIpc) is 2.67. The molecular formula is C20H22N4O3S. The summed E-state index contributed by atoms with van der Waals surface area (Å²) in [5.74, 6) is 0.0237. The molecule has 0 unspecified atom stereocenters. The van der Waals surface area contributed by atoms with Gasteiger partial charge in [-0.3, -0.25) is 9.59 Å². The van der Waals surface area contributed by atoms with Crippen molar-refractivity contribution in [1.82, 2.24) is 10.6 Å². The molecule has 2 amide bonds. The van der Waals surface area contributed by atoms with Crippen LogP contribution in [0, 0.1) is 0 Å². The summed E-state index contributed by atoms with van der Waals surface area (Å²) >= 11 is 5.12. The van der Waals surface area contributed by atoms with E-state index in [2.05, 4.69) is 21.3 Å². The second-order valence-corrected chi connectivity index (χ2v) is 6.94. The van der Waals surface area contributed by atoms with Crippen molar-refractivity contribution < 1.29 is 14.3 Å². The Morgan fingerprint density at radius 2 is 1.79 bits per heavy atom. The molecular weight excluding hydrogens is 376 g/mol. The molecule has 0 bridgehead atoms. The van der Waals surface area contributed by atoms with E-state index in [-0.39, 0.29) is 17.9 Å². The molecule has 0 spiro atoms. The van der Waals surface area contributed by atoms with Crippen LogP contribution in [-0.2, 0) is 4.79 Å². The number of benzene rings is 2. The number of methoxy groups -OCH3 is 1. The third-order valence-corrected chi connectivity index (χ3v) is 4.56. The number of ether oxygens (including phenoxy) is 1. The van der Waals surface area contributed by atoms with Crippen LogP contribution < -0.4 is 26.0 Å². The zero-order valence-electron chi connectivity index (χ0n) is 15.6. The van der Waals surface area contributed by atoms with Gasteiger partial charge in [0, 0.05) is 17.4 Å². The van der Waals surface area contributed by atoms with Crippen molar-refractivity contribution in [2.75, 3.05) is 17.7 Å². The highest BCUT2D eigenvalue weighted by Crippen LogP contribution is 2.21. The SMILES string of the molecule is COc1ccccc1C(=O)Nc1cccc(NC(=O)[C@@H]2C[C@@H](C)NC(=S)N2)c1. The molecule has 0 aliphatic carbocycles. The average molecular weight is 398 g/mol. The molecule has 1 saturated heterocycles. The van der Waals surface area contributed by atoms with E-state index in [4.69, 9.17) is 17.0 Å². The van der Waals surface area contributed by atoms with Gasteiger partial charge in [0.05, 0.1) is 12.7 Å². The number of thiocarbonyl (C=S) groups is 1. The van der Waals surface area contributed by atoms with Crippen molar-refractivity contribution in [1.29, 1.82) is 0 Å². The fourth-order valence-corrected chi connectivity index (χ4v) is 3.35. The summed E-state index contributed by atoms with van der Waals surface area (Å²) in [5.41, 5.74) is 1.58. The van der Waals surface area contributed by atoms with Gasteiger partial charge in [-0.1, -0.05) is 18.2 Å². The Morgan fingerprint density at radius 1 is 1.07 bits per heavy atom. The molecule has 2 aromatic carbocycles. The standard InChI is InChI=1S/C20H22N4O3S/c1-12-10-16(24-20(28)21-12)19(26)23-14-7-5-6-13(11-14)22-18(25)15-8-3-4-9-17(15)27-2/h3-9,11-12,16H,10H2,1-2H3,(H,22,25)(H,23,26)(H2,21,24,28)/t12-,16+/m1/s1. The maximum Gasteiger partial charge on any atom is 0.259 e. The molecule has 2 aromatic rings. The van der Waals surface area contributed by atoms with Crippen LogP contribution in [0.5, 0.6) is 5.75 Å². The maximum absolute atomic E-state index is 12.5. The molecule has 8 heteroatoms. The van der Waals surface area contributed by atoms with E-state index in [0.29, 0.717) is 34.2 Å². The first-order valence-electron chi connectivity index (χ1n) is 8.88. The van der Waals surface area contributed by atoms with Crippen LogP contribution in [0.1, 0.15) is 23.7 Å². The van der Waals surface area contributed by atoms with Crippen LogP contribution in [0.25, 0.3) is 0 Å². The highest BCUT2D eigenvalue weighted by Gasteiger charge is 2.26. The van der Waals surface area contributed by atoms with E-state index < -0.39 is 6.04 Å². The van der Waals surface area contributed by atoms with Gasteiger partial charge in [0.2, 0.25) is 5.91 Å². The highest BCUT2D eigenvalue weighted by atomic mass is 32.1. The zero-order chi connectivity index (χ0) is 20.1. The lowest BCUT2D eigenvalue weighted by Gasteiger charge is -2.30. The summed E-state index contributed by atoms with van der Waals surface area (Å²) in [6.07, 6.45) is 0.621. The Morgan fingerprint density at radius 3 is 2.50 bits per heavy atom. The van der Waals surface area contributed by atoms with E-state index in [1.165, 1.54) is 7.11 Å². The molecule has 3 rings (SSSR count). The van der Waals surface area contributed by atoms with Gasteiger partial charge in [-0.15, -0.1) is 0 Å². The maximum atomic E-state index is 12.5. The van der Waals surface area contributed by atoms with E-state index in [0.717, 1.165) is 0 Å². The van der Waals surface area contributed by atoms with Gasteiger partial charge in [0.25, 0.3) is 5.91 Å². The summed E-state index contributed by atoms with van der Waals surface area (Å²) < 4.78 is 5.22. The predicted octanol–water partition coefficient (Wildman–Crippen LogP) is 2.51.